The maximum Gasteiger partial charge on any atom is 0.238 e. The van der Waals surface area contributed by atoms with Crippen molar-refractivity contribution in [2.75, 3.05) is 31.5 Å². The van der Waals surface area contributed by atoms with Gasteiger partial charge >= 0.3 is 0 Å². The lowest BCUT2D eigenvalue weighted by atomic mass is 10.0. The van der Waals surface area contributed by atoms with Crippen LogP contribution < -0.4 is 10.6 Å². The lowest BCUT2D eigenvalue weighted by Crippen LogP contribution is -2.48. The molecule has 2 N–H and O–H groups in total. The minimum atomic E-state index is -0.264. The van der Waals surface area contributed by atoms with Gasteiger partial charge in [0.05, 0.1) is 23.6 Å². The molecule has 0 aromatic heterocycles. The summed E-state index contributed by atoms with van der Waals surface area (Å²) >= 11 is 1.12. The zero-order chi connectivity index (χ0) is 17.9. The van der Waals surface area contributed by atoms with E-state index in [2.05, 4.69) is 24.3 Å². The Balaban J connectivity index is 0.00000210. The van der Waals surface area contributed by atoms with Crippen molar-refractivity contribution in [3.63, 3.8) is 0 Å². The molecule has 142 valence electrons. The molecule has 0 radical (unpaired) electrons. The highest BCUT2D eigenvalue weighted by molar-refractivity contribution is 7.58. The van der Waals surface area contributed by atoms with Crippen molar-refractivity contribution < 1.29 is 9.18 Å². The molecule has 1 atom stereocenters. The summed E-state index contributed by atoms with van der Waals surface area (Å²) in [6.45, 7) is 2.43. The number of nitrogens with one attached hydrogen (secondary N) is 2. The van der Waals surface area contributed by atoms with E-state index in [1.807, 2.05) is 24.3 Å². The number of hydrogen-bond acceptors (Lipinski definition) is 5. The molecule has 9 heteroatoms. The maximum absolute atomic E-state index is 13.6. The fourth-order valence-electron chi connectivity index (χ4n) is 3.26. The first kappa shape index (κ1) is 19.6. The van der Waals surface area contributed by atoms with Gasteiger partial charge in [0.1, 0.15) is 17.2 Å². The molecular formula is C18H19ClFN5OS. The van der Waals surface area contributed by atoms with Gasteiger partial charge in [-0.2, -0.15) is 8.73 Å². The molecule has 2 heterocycles. The smallest absolute Gasteiger partial charge is 0.238 e. The number of carbonyl (C=O) groups is 1. The lowest BCUT2D eigenvalue weighted by Gasteiger charge is -2.36. The Morgan fingerprint density at radius 1 is 1.30 bits per heavy atom. The molecule has 2 aromatic rings. The van der Waals surface area contributed by atoms with Crippen LogP contribution in [0.1, 0.15) is 11.6 Å². The Bertz CT molecular complexity index is 918. The Hall–Kier alpha value is -2.13. The average Bonchev–Trinajstić information content (AvgIpc) is 3.12. The number of carbonyl (C=O) groups excluding carboxylic acids is 1. The number of piperazine rings is 1. The quantitative estimate of drug-likeness (QED) is 0.694. The van der Waals surface area contributed by atoms with Gasteiger partial charge in [-0.1, -0.05) is 18.2 Å². The third-order valence-electron chi connectivity index (χ3n) is 4.49. The number of rotatable bonds is 4. The second-order valence-corrected chi connectivity index (χ2v) is 6.76. The first-order valence-corrected chi connectivity index (χ1v) is 9.15. The number of anilines is 1. The van der Waals surface area contributed by atoms with Gasteiger partial charge < -0.3 is 10.6 Å². The van der Waals surface area contributed by atoms with Gasteiger partial charge in [-0.25, -0.2) is 4.39 Å². The van der Waals surface area contributed by atoms with Crippen molar-refractivity contribution in [3.05, 3.63) is 53.8 Å². The van der Waals surface area contributed by atoms with Crippen LogP contribution >= 0.6 is 12.4 Å². The lowest BCUT2D eigenvalue weighted by molar-refractivity contribution is -0.118. The SMILES string of the molecule is Cl.O=C(CN1CCNCC1c1cccc(F)c1)Nc1cccc2c1N=S=N2. The molecule has 0 spiro atoms. The van der Waals surface area contributed by atoms with Gasteiger partial charge in [-0.3, -0.25) is 9.69 Å². The van der Waals surface area contributed by atoms with E-state index in [1.165, 1.54) is 12.1 Å². The minimum absolute atomic E-state index is 0. The molecule has 0 bridgehead atoms. The molecule has 1 saturated heterocycles. The second-order valence-electron chi connectivity index (χ2n) is 6.23. The van der Waals surface area contributed by atoms with Gasteiger partial charge in [0, 0.05) is 25.7 Å². The molecule has 0 saturated carbocycles. The predicted molar refractivity (Wildman–Crippen MR) is 107 cm³/mol. The normalized spacial score (nSPS) is 18.3. The third-order valence-corrected chi connectivity index (χ3v) is 5.04. The van der Waals surface area contributed by atoms with Crippen LogP contribution in [0, 0.1) is 5.82 Å². The van der Waals surface area contributed by atoms with Gasteiger partial charge in [0.2, 0.25) is 5.91 Å². The zero-order valence-corrected chi connectivity index (χ0v) is 16.0. The summed E-state index contributed by atoms with van der Waals surface area (Å²) in [4.78, 5) is 14.7. The van der Waals surface area contributed by atoms with Crippen LogP contribution in [0.25, 0.3) is 0 Å². The molecule has 1 fully saturated rings. The van der Waals surface area contributed by atoms with Gasteiger partial charge in [-0.15, -0.1) is 12.4 Å². The summed E-state index contributed by atoms with van der Waals surface area (Å²) in [5, 5.41) is 6.24. The Morgan fingerprint density at radius 2 is 2.15 bits per heavy atom. The number of fused-ring (bicyclic) bond motifs is 1. The first-order valence-electron chi connectivity index (χ1n) is 8.42. The fourth-order valence-corrected chi connectivity index (χ4v) is 3.81. The fraction of sp³-hybridized carbons (Fsp3) is 0.278. The summed E-state index contributed by atoms with van der Waals surface area (Å²) in [5.41, 5.74) is 3.01. The van der Waals surface area contributed by atoms with E-state index in [0.717, 1.165) is 35.7 Å². The van der Waals surface area contributed by atoms with E-state index in [0.29, 0.717) is 17.9 Å². The van der Waals surface area contributed by atoms with Crippen LogP contribution in [0.4, 0.5) is 21.5 Å². The molecule has 2 aromatic carbocycles. The van der Waals surface area contributed by atoms with E-state index in [9.17, 15) is 9.18 Å². The molecule has 2 aliphatic rings. The number of benzene rings is 2. The number of hydrogen-bond donors (Lipinski definition) is 2. The van der Waals surface area contributed by atoms with Crippen LogP contribution in [0.5, 0.6) is 0 Å². The summed E-state index contributed by atoms with van der Waals surface area (Å²) < 4.78 is 22.0. The van der Waals surface area contributed by atoms with E-state index in [1.54, 1.807) is 6.07 Å². The molecule has 1 unspecified atom stereocenters. The molecule has 4 rings (SSSR count). The standard InChI is InChI=1S/C18H18FN5OS.ClH/c19-13-4-1-3-12(9-13)16-10-20-7-8-24(16)11-17(25)21-14-5-2-6-15-18(14)23-26-22-15;/h1-6,9,16,20H,7-8,10-11H2,(H,21,25);1H. The van der Waals surface area contributed by atoms with Crippen LogP contribution in [0.3, 0.4) is 0 Å². The molecule has 27 heavy (non-hydrogen) atoms. The topological polar surface area (TPSA) is 69.1 Å². The molecular weight excluding hydrogens is 389 g/mol. The first-order chi connectivity index (χ1) is 12.7. The van der Waals surface area contributed by atoms with Crippen molar-refractivity contribution in [2.45, 2.75) is 6.04 Å². The average molecular weight is 408 g/mol. The molecule has 6 nitrogen and oxygen atoms in total. The van der Waals surface area contributed by atoms with E-state index in [-0.39, 0.29) is 36.7 Å². The highest BCUT2D eigenvalue weighted by Gasteiger charge is 2.26. The number of nitrogens with zero attached hydrogens (tertiary/aromatic N) is 3. The van der Waals surface area contributed by atoms with Crippen molar-refractivity contribution in [3.8, 4) is 0 Å². The Morgan fingerprint density at radius 3 is 3.00 bits per heavy atom. The van der Waals surface area contributed by atoms with Crippen LogP contribution in [0.2, 0.25) is 0 Å². The molecule has 2 aliphatic heterocycles. The van der Waals surface area contributed by atoms with Crippen molar-refractivity contribution in [1.29, 1.82) is 0 Å². The van der Waals surface area contributed by atoms with E-state index >= 15 is 0 Å². The third kappa shape index (κ3) is 4.41. The summed E-state index contributed by atoms with van der Waals surface area (Å²) in [5.74, 6) is -0.381. The number of halogens is 2. The minimum Gasteiger partial charge on any atom is -0.323 e. The van der Waals surface area contributed by atoms with Gasteiger partial charge in [0.25, 0.3) is 0 Å². The Kier molecular flexibility index (Phi) is 6.33. The van der Waals surface area contributed by atoms with Crippen molar-refractivity contribution in [2.24, 2.45) is 8.73 Å². The largest absolute Gasteiger partial charge is 0.323 e. The van der Waals surface area contributed by atoms with Crippen LogP contribution in [-0.4, -0.2) is 37.0 Å². The molecule has 0 aliphatic carbocycles. The maximum atomic E-state index is 13.6. The summed E-state index contributed by atoms with van der Waals surface area (Å²) in [6.07, 6.45) is 0. The monoisotopic (exact) mass is 407 g/mol. The Labute approximate surface area is 166 Å². The highest BCUT2D eigenvalue weighted by atomic mass is 35.5. The summed E-state index contributed by atoms with van der Waals surface area (Å²) in [6, 6.07) is 12.1. The van der Waals surface area contributed by atoms with Crippen molar-refractivity contribution >= 4 is 46.7 Å². The van der Waals surface area contributed by atoms with E-state index < -0.39 is 0 Å². The van der Waals surface area contributed by atoms with E-state index in [4.69, 9.17) is 0 Å². The predicted octanol–water partition coefficient (Wildman–Crippen LogP) is 3.56. The second kappa shape index (κ2) is 8.71. The zero-order valence-electron chi connectivity index (χ0n) is 14.4. The number of amides is 1. The van der Waals surface area contributed by atoms with Crippen molar-refractivity contribution in [1.82, 2.24) is 10.2 Å². The summed E-state index contributed by atoms with van der Waals surface area (Å²) in [7, 11) is 0. The highest BCUT2D eigenvalue weighted by Crippen LogP contribution is 2.38. The van der Waals surface area contributed by atoms with Crippen LogP contribution in [0.15, 0.2) is 51.2 Å². The van der Waals surface area contributed by atoms with Gasteiger partial charge in [-0.05, 0) is 29.8 Å². The van der Waals surface area contributed by atoms with Crippen LogP contribution in [-0.2, 0) is 16.1 Å². The molecule has 1 amide bonds. The van der Waals surface area contributed by atoms with Gasteiger partial charge in [0.15, 0.2) is 0 Å².